The van der Waals surface area contributed by atoms with Crippen molar-refractivity contribution in [3.05, 3.63) is 66.4 Å². The zero-order chi connectivity index (χ0) is 15.1. The fraction of sp³-hybridized carbons (Fsp3) is 0.125. The van der Waals surface area contributed by atoms with Gasteiger partial charge in [-0.05, 0) is 29.8 Å². The van der Waals surface area contributed by atoms with E-state index in [1.807, 2.05) is 24.3 Å². The van der Waals surface area contributed by atoms with E-state index in [1.54, 1.807) is 24.4 Å². The molecule has 0 spiro atoms. The van der Waals surface area contributed by atoms with E-state index in [0.717, 1.165) is 11.3 Å². The Morgan fingerprint density at radius 2 is 2.10 bits per heavy atom. The van der Waals surface area contributed by atoms with Crippen molar-refractivity contribution in [2.45, 2.75) is 6.54 Å². The van der Waals surface area contributed by atoms with Crippen LogP contribution in [0.25, 0.3) is 0 Å². The maximum Gasteiger partial charge on any atom is 0.255 e. The molecule has 1 aromatic carbocycles. The number of nitrogens with two attached hydrogens (primary N) is 1. The number of nitrogen functional groups attached to an aromatic ring is 1. The summed E-state index contributed by atoms with van der Waals surface area (Å²) in [6.07, 6.45) is 3.24. The molecule has 0 aliphatic carbocycles. The molecule has 0 saturated heterocycles. The van der Waals surface area contributed by atoms with E-state index in [1.165, 1.54) is 0 Å². The highest BCUT2D eigenvalue weighted by molar-refractivity contribution is 5.98. The summed E-state index contributed by atoms with van der Waals surface area (Å²) in [4.78, 5) is 15.9. The van der Waals surface area contributed by atoms with Gasteiger partial charge in [-0.15, -0.1) is 0 Å². The summed E-state index contributed by atoms with van der Waals surface area (Å²) in [6.45, 7) is 4.47. The molecular weight excluding hydrogens is 266 g/mol. The van der Waals surface area contributed by atoms with Crippen LogP contribution in [0.15, 0.2) is 55.3 Å². The van der Waals surface area contributed by atoms with E-state index >= 15 is 0 Å². The molecule has 1 amide bonds. The number of benzene rings is 1. The minimum absolute atomic E-state index is 0.225. The first kappa shape index (κ1) is 14.6. The van der Waals surface area contributed by atoms with Crippen molar-refractivity contribution in [2.24, 2.45) is 0 Å². The number of aromatic nitrogens is 1. The molecule has 0 fully saturated rings. The molecule has 5 nitrogen and oxygen atoms in total. The Balaban J connectivity index is 1.92. The third-order valence-corrected chi connectivity index (χ3v) is 2.83. The number of carbonyl (C=O) groups excluding carboxylic acids is 1. The van der Waals surface area contributed by atoms with Crippen molar-refractivity contribution in [2.75, 3.05) is 12.3 Å². The van der Waals surface area contributed by atoms with Crippen molar-refractivity contribution in [1.82, 2.24) is 10.3 Å². The van der Waals surface area contributed by atoms with Gasteiger partial charge in [0.15, 0.2) is 0 Å². The van der Waals surface area contributed by atoms with Gasteiger partial charge in [0.05, 0.1) is 5.56 Å². The van der Waals surface area contributed by atoms with Gasteiger partial charge >= 0.3 is 0 Å². The third kappa shape index (κ3) is 4.07. The first-order valence-corrected chi connectivity index (χ1v) is 6.52. The molecule has 2 aromatic rings. The van der Waals surface area contributed by atoms with Crippen molar-refractivity contribution in [1.29, 1.82) is 0 Å². The Hall–Kier alpha value is -2.82. The van der Waals surface area contributed by atoms with Crippen molar-refractivity contribution < 1.29 is 9.53 Å². The van der Waals surface area contributed by atoms with Gasteiger partial charge in [0, 0.05) is 12.7 Å². The van der Waals surface area contributed by atoms with E-state index < -0.39 is 0 Å². The summed E-state index contributed by atoms with van der Waals surface area (Å²) in [6, 6.07) is 10.8. The second-order valence-corrected chi connectivity index (χ2v) is 4.36. The predicted molar refractivity (Wildman–Crippen MR) is 82.0 cm³/mol. The SMILES string of the molecule is C=CCOc1ccc(CNC(=O)c2cccnc2N)cc1. The second-order valence-electron chi connectivity index (χ2n) is 4.36. The highest BCUT2D eigenvalue weighted by Gasteiger charge is 2.09. The normalized spacial score (nSPS) is 9.90. The molecule has 0 unspecified atom stereocenters. The lowest BCUT2D eigenvalue weighted by Gasteiger charge is -2.08. The number of carbonyl (C=O) groups is 1. The van der Waals surface area contributed by atoms with Crippen LogP contribution in [0.1, 0.15) is 15.9 Å². The van der Waals surface area contributed by atoms with Gasteiger partial charge in [-0.1, -0.05) is 24.8 Å². The molecule has 3 N–H and O–H groups in total. The topological polar surface area (TPSA) is 77.2 Å². The van der Waals surface area contributed by atoms with E-state index in [9.17, 15) is 4.79 Å². The molecule has 0 bridgehead atoms. The number of hydrogen-bond donors (Lipinski definition) is 2. The maximum atomic E-state index is 12.0. The van der Waals surface area contributed by atoms with E-state index in [0.29, 0.717) is 18.7 Å². The summed E-state index contributed by atoms with van der Waals surface area (Å²) in [5.74, 6) is 0.747. The Morgan fingerprint density at radius 1 is 1.33 bits per heavy atom. The number of nitrogens with zero attached hydrogens (tertiary/aromatic N) is 1. The summed E-state index contributed by atoms with van der Waals surface area (Å²) in [7, 11) is 0. The van der Waals surface area contributed by atoms with Crippen LogP contribution in [-0.2, 0) is 6.54 Å². The lowest BCUT2D eigenvalue weighted by Crippen LogP contribution is -2.24. The van der Waals surface area contributed by atoms with Gasteiger partial charge in [0.2, 0.25) is 0 Å². The summed E-state index contributed by atoms with van der Waals surface area (Å²) >= 11 is 0. The largest absolute Gasteiger partial charge is 0.490 e. The lowest BCUT2D eigenvalue weighted by molar-refractivity contribution is 0.0951. The first-order chi connectivity index (χ1) is 10.2. The highest BCUT2D eigenvalue weighted by Crippen LogP contribution is 2.12. The Labute approximate surface area is 123 Å². The van der Waals surface area contributed by atoms with E-state index in [2.05, 4.69) is 16.9 Å². The Morgan fingerprint density at radius 3 is 2.76 bits per heavy atom. The van der Waals surface area contributed by atoms with Gasteiger partial charge in [0.25, 0.3) is 5.91 Å². The minimum atomic E-state index is -0.243. The van der Waals surface area contributed by atoms with E-state index in [-0.39, 0.29) is 11.7 Å². The van der Waals surface area contributed by atoms with E-state index in [4.69, 9.17) is 10.5 Å². The molecule has 0 saturated carbocycles. The zero-order valence-electron chi connectivity index (χ0n) is 11.6. The zero-order valence-corrected chi connectivity index (χ0v) is 11.6. The van der Waals surface area contributed by atoms with Crippen LogP contribution in [0.4, 0.5) is 5.82 Å². The standard InChI is InChI=1S/C16H17N3O2/c1-2-10-21-13-7-5-12(6-8-13)11-19-16(20)14-4-3-9-18-15(14)17/h2-9H,1,10-11H2,(H2,17,18)(H,19,20). The number of anilines is 1. The Bertz CT molecular complexity index is 624. The highest BCUT2D eigenvalue weighted by atomic mass is 16.5. The molecule has 108 valence electrons. The number of rotatable bonds is 6. The fourth-order valence-electron chi connectivity index (χ4n) is 1.75. The monoisotopic (exact) mass is 283 g/mol. The molecule has 0 aliphatic heterocycles. The van der Waals surface area contributed by atoms with Gasteiger partial charge in [0.1, 0.15) is 18.2 Å². The molecule has 0 radical (unpaired) electrons. The molecular formula is C16H17N3O2. The number of amides is 1. The minimum Gasteiger partial charge on any atom is -0.490 e. The summed E-state index contributed by atoms with van der Waals surface area (Å²) in [5, 5.41) is 2.80. The molecule has 1 heterocycles. The molecule has 1 aromatic heterocycles. The average Bonchev–Trinajstić information content (AvgIpc) is 2.52. The quantitative estimate of drug-likeness (QED) is 0.796. The lowest BCUT2D eigenvalue weighted by atomic mass is 10.2. The summed E-state index contributed by atoms with van der Waals surface area (Å²) in [5.41, 5.74) is 7.01. The average molecular weight is 283 g/mol. The second kappa shape index (κ2) is 7.09. The molecule has 5 heteroatoms. The first-order valence-electron chi connectivity index (χ1n) is 6.52. The Kier molecular flexibility index (Phi) is 4.93. The number of ether oxygens (including phenoxy) is 1. The van der Waals surface area contributed by atoms with Gasteiger partial charge in [-0.3, -0.25) is 4.79 Å². The number of nitrogens with one attached hydrogen (secondary N) is 1. The van der Waals surface area contributed by atoms with Crippen LogP contribution in [0, 0.1) is 0 Å². The molecule has 21 heavy (non-hydrogen) atoms. The third-order valence-electron chi connectivity index (χ3n) is 2.83. The van der Waals surface area contributed by atoms with Crippen molar-refractivity contribution in [3.8, 4) is 5.75 Å². The van der Waals surface area contributed by atoms with Crippen molar-refractivity contribution >= 4 is 11.7 Å². The molecule has 2 rings (SSSR count). The maximum absolute atomic E-state index is 12.0. The summed E-state index contributed by atoms with van der Waals surface area (Å²) < 4.78 is 5.39. The number of pyridine rings is 1. The molecule has 0 atom stereocenters. The molecule has 0 aliphatic rings. The van der Waals surface area contributed by atoms with Crippen LogP contribution in [0.2, 0.25) is 0 Å². The van der Waals surface area contributed by atoms with Crippen LogP contribution in [0.5, 0.6) is 5.75 Å². The number of hydrogen-bond acceptors (Lipinski definition) is 4. The van der Waals surface area contributed by atoms with Gasteiger partial charge in [-0.2, -0.15) is 0 Å². The van der Waals surface area contributed by atoms with Crippen LogP contribution in [-0.4, -0.2) is 17.5 Å². The predicted octanol–water partition coefficient (Wildman–Crippen LogP) is 2.16. The van der Waals surface area contributed by atoms with Gasteiger partial charge < -0.3 is 15.8 Å². The fourth-order valence-corrected chi connectivity index (χ4v) is 1.75. The van der Waals surface area contributed by atoms with Crippen LogP contribution >= 0.6 is 0 Å². The van der Waals surface area contributed by atoms with Crippen LogP contribution < -0.4 is 15.8 Å². The smallest absolute Gasteiger partial charge is 0.255 e. The van der Waals surface area contributed by atoms with Gasteiger partial charge in [-0.25, -0.2) is 4.98 Å². The van der Waals surface area contributed by atoms with Crippen molar-refractivity contribution in [3.63, 3.8) is 0 Å². The van der Waals surface area contributed by atoms with Crippen LogP contribution in [0.3, 0.4) is 0 Å².